The fraction of sp³-hybridized carbons (Fsp3) is 0.900. The minimum absolute atomic E-state index is 0.113. The summed E-state index contributed by atoms with van der Waals surface area (Å²) in [5.41, 5.74) is -0.207. The van der Waals surface area contributed by atoms with Gasteiger partial charge in [0.2, 0.25) is 5.91 Å². The van der Waals surface area contributed by atoms with E-state index in [1.165, 1.54) is 0 Å². The summed E-state index contributed by atoms with van der Waals surface area (Å²) in [7, 11) is 3.71. The van der Waals surface area contributed by atoms with Crippen LogP contribution in [-0.4, -0.2) is 62.7 Å². The molecule has 2 aliphatic carbocycles. The van der Waals surface area contributed by atoms with Crippen LogP contribution in [0.3, 0.4) is 0 Å². The van der Waals surface area contributed by atoms with Crippen LogP contribution in [0.2, 0.25) is 0 Å². The van der Waals surface area contributed by atoms with Crippen molar-refractivity contribution in [1.29, 1.82) is 0 Å². The monoisotopic (exact) mass is 364 g/mol. The fourth-order valence-electron chi connectivity index (χ4n) is 5.28. The lowest BCUT2D eigenvalue weighted by Gasteiger charge is -2.55. The zero-order chi connectivity index (χ0) is 18.9. The van der Waals surface area contributed by atoms with E-state index in [2.05, 4.69) is 31.4 Å². The molecule has 6 heteroatoms. The maximum Gasteiger partial charge on any atom is 0.230 e. The number of fused-ring (bicyclic) bond motifs is 1. The summed E-state index contributed by atoms with van der Waals surface area (Å²) in [5, 5.41) is 7.04. The standard InChI is InChI=1S/C20H36N4O2/c1-6-21-18(23-15-14-9-12-26-16(14)19(15,2)3)22-13-20(10-7-8-11-20)17(25)24(4)5/h14-16H,6-13H2,1-5H3,(H2,21,22,23). The molecular formula is C20H36N4O2. The Hall–Kier alpha value is -1.30. The third kappa shape index (κ3) is 3.32. The number of hydrogen-bond donors (Lipinski definition) is 2. The molecule has 3 atom stereocenters. The first-order valence-electron chi connectivity index (χ1n) is 10.2. The Morgan fingerprint density at radius 2 is 1.96 bits per heavy atom. The molecule has 0 aromatic carbocycles. The first-order valence-corrected chi connectivity index (χ1v) is 10.2. The highest BCUT2D eigenvalue weighted by Gasteiger charge is 2.59. The van der Waals surface area contributed by atoms with Crippen molar-refractivity contribution < 1.29 is 9.53 Å². The first-order chi connectivity index (χ1) is 12.3. The van der Waals surface area contributed by atoms with Crippen molar-refractivity contribution in [3.63, 3.8) is 0 Å². The molecule has 26 heavy (non-hydrogen) atoms. The number of aliphatic imine (C=N–C) groups is 1. The summed E-state index contributed by atoms with van der Waals surface area (Å²) in [4.78, 5) is 19.4. The largest absolute Gasteiger partial charge is 0.377 e. The number of rotatable bonds is 5. The highest BCUT2D eigenvalue weighted by atomic mass is 16.5. The SMILES string of the molecule is CCNC(=NCC1(C(=O)N(C)C)CCCC1)NC1C2CCOC2C1(C)C. The van der Waals surface area contributed by atoms with Crippen LogP contribution < -0.4 is 10.6 Å². The van der Waals surface area contributed by atoms with Gasteiger partial charge in [0.15, 0.2) is 5.96 Å². The lowest BCUT2D eigenvalue weighted by molar-refractivity contribution is -0.138. The van der Waals surface area contributed by atoms with Crippen molar-refractivity contribution in [3.8, 4) is 0 Å². The molecule has 3 rings (SSSR count). The van der Waals surface area contributed by atoms with Gasteiger partial charge in [0.1, 0.15) is 0 Å². The van der Waals surface area contributed by atoms with Crippen molar-refractivity contribution in [2.45, 2.75) is 65.0 Å². The molecule has 0 bridgehead atoms. The fourth-order valence-corrected chi connectivity index (χ4v) is 5.28. The van der Waals surface area contributed by atoms with Crippen LogP contribution in [0.4, 0.5) is 0 Å². The first kappa shape index (κ1) is 19.5. The van der Waals surface area contributed by atoms with Crippen LogP contribution in [0.15, 0.2) is 4.99 Å². The number of carbonyl (C=O) groups is 1. The Bertz CT molecular complexity index is 552. The predicted octanol–water partition coefficient (Wildman–Crippen LogP) is 2.00. The van der Waals surface area contributed by atoms with Gasteiger partial charge in [0, 0.05) is 44.6 Å². The van der Waals surface area contributed by atoms with Crippen molar-refractivity contribution >= 4 is 11.9 Å². The maximum absolute atomic E-state index is 12.8. The van der Waals surface area contributed by atoms with Gasteiger partial charge in [-0.25, -0.2) is 0 Å². The zero-order valence-corrected chi connectivity index (χ0v) is 17.1. The highest BCUT2D eigenvalue weighted by molar-refractivity contribution is 5.84. The van der Waals surface area contributed by atoms with Gasteiger partial charge in [0.05, 0.1) is 18.1 Å². The Labute approximate surface area is 158 Å². The van der Waals surface area contributed by atoms with Gasteiger partial charge < -0.3 is 20.3 Å². The molecule has 3 fully saturated rings. The molecule has 3 unspecified atom stereocenters. The number of hydrogen-bond acceptors (Lipinski definition) is 3. The number of carbonyl (C=O) groups excluding carboxylic acids is 1. The summed E-state index contributed by atoms with van der Waals surface area (Å²) >= 11 is 0. The number of nitrogens with one attached hydrogen (secondary N) is 2. The smallest absolute Gasteiger partial charge is 0.230 e. The average molecular weight is 365 g/mol. The Morgan fingerprint density at radius 3 is 2.58 bits per heavy atom. The molecule has 0 radical (unpaired) electrons. The van der Waals surface area contributed by atoms with Crippen LogP contribution in [-0.2, 0) is 9.53 Å². The van der Waals surface area contributed by atoms with E-state index in [4.69, 9.17) is 9.73 Å². The van der Waals surface area contributed by atoms with Crippen molar-refractivity contribution in [1.82, 2.24) is 15.5 Å². The number of nitrogens with zero attached hydrogens (tertiary/aromatic N) is 2. The second-order valence-corrected chi connectivity index (χ2v) is 9.07. The van der Waals surface area contributed by atoms with E-state index in [0.717, 1.165) is 51.2 Å². The molecule has 0 aromatic heterocycles. The van der Waals surface area contributed by atoms with E-state index < -0.39 is 0 Å². The molecule has 1 heterocycles. The maximum atomic E-state index is 12.8. The molecule has 1 amide bonds. The third-order valence-electron chi connectivity index (χ3n) is 6.70. The molecule has 148 valence electrons. The summed E-state index contributed by atoms with van der Waals surface area (Å²) in [6, 6.07) is 0.372. The number of amides is 1. The van der Waals surface area contributed by atoms with Crippen LogP contribution >= 0.6 is 0 Å². The van der Waals surface area contributed by atoms with E-state index in [-0.39, 0.29) is 16.7 Å². The summed E-state index contributed by atoms with van der Waals surface area (Å²) in [6.45, 7) is 8.88. The molecular weight excluding hydrogens is 328 g/mol. The number of guanidine groups is 1. The summed E-state index contributed by atoms with van der Waals surface area (Å²) in [6.07, 6.45) is 5.61. The average Bonchev–Trinajstić information content (AvgIpc) is 3.25. The van der Waals surface area contributed by atoms with Crippen molar-refractivity contribution in [2.75, 3.05) is 33.8 Å². The quantitative estimate of drug-likeness (QED) is 0.578. The molecule has 6 nitrogen and oxygen atoms in total. The lowest BCUT2D eigenvalue weighted by atomic mass is 9.57. The molecule has 2 N–H and O–H groups in total. The van der Waals surface area contributed by atoms with Gasteiger partial charge in [-0.05, 0) is 26.2 Å². The van der Waals surface area contributed by atoms with E-state index in [1.54, 1.807) is 4.90 Å². The Kier molecular flexibility index (Phi) is 5.52. The molecule has 0 spiro atoms. The minimum atomic E-state index is -0.319. The minimum Gasteiger partial charge on any atom is -0.377 e. The molecule has 2 saturated carbocycles. The van der Waals surface area contributed by atoms with E-state index in [0.29, 0.717) is 24.6 Å². The summed E-state index contributed by atoms with van der Waals surface area (Å²) < 4.78 is 5.90. The normalized spacial score (nSPS) is 31.9. The molecule has 0 aromatic rings. The molecule has 1 aliphatic heterocycles. The third-order valence-corrected chi connectivity index (χ3v) is 6.70. The second-order valence-electron chi connectivity index (χ2n) is 9.07. The molecule has 3 aliphatic rings. The lowest BCUT2D eigenvalue weighted by Crippen LogP contribution is -2.68. The van der Waals surface area contributed by atoms with Gasteiger partial charge in [-0.1, -0.05) is 26.7 Å². The van der Waals surface area contributed by atoms with Gasteiger partial charge in [-0.3, -0.25) is 9.79 Å². The van der Waals surface area contributed by atoms with Gasteiger partial charge in [-0.15, -0.1) is 0 Å². The Balaban J connectivity index is 1.72. The number of ether oxygens (including phenoxy) is 1. The van der Waals surface area contributed by atoms with Crippen molar-refractivity contribution in [3.05, 3.63) is 0 Å². The van der Waals surface area contributed by atoms with E-state index in [1.807, 2.05) is 14.1 Å². The van der Waals surface area contributed by atoms with Crippen LogP contribution in [0.25, 0.3) is 0 Å². The Morgan fingerprint density at radius 1 is 1.27 bits per heavy atom. The summed E-state index contributed by atoms with van der Waals surface area (Å²) in [5.74, 6) is 1.63. The van der Waals surface area contributed by atoms with Crippen LogP contribution in [0.1, 0.15) is 52.9 Å². The van der Waals surface area contributed by atoms with Gasteiger partial charge >= 0.3 is 0 Å². The second kappa shape index (κ2) is 7.37. The van der Waals surface area contributed by atoms with E-state index >= 15 is 0 Å². The van der Waals surface area contributed by atoms with Crippen LogP contribution in [0, 0.1) is 16.7 Å². The van der Waals surface area contributed by atoms with Gasteiger partial charge in [-0.2, -0.15) is 0 Å². The molecule has 1 saturated heterocycles. The highest BCUT2D eigenvalue weighted by Crippen LogP contribution is 2.52. The topological polar surface area (TPSA) is 66.0 Å². The van der Waals surface area contributed by atoms with Crippen LogP contribution in [0.5, 0.6) is 0 Å². The zero-order valence-electron chi connectivity index (χ0n) is 17.1. The van der Waals surface area contributed by atoms with Gasteiger partial charge in [0.25, 0.3) is 0 Å². The predicted molar refractivity (Wildman–Crippen MR) is 104 cm³/mol. The van der Waals surface area contributed by atoms with E-state index in [9.17, 15) is 4.79 Å². The van der Waals surface area contributed by atoms with Crippen molar-refractivity contribution in [2.24, 2.45) is 21.7 Å².